The minimum absolute atomic E-state index is 0.0278. The number of aromatic amines is 1. The van der Waals surface area contributed by atoms with E-state index in [4.69, 9.17) is 11.6 Å². The van der Waals surface area contributed by atoms with E-state index in [1.807, 2.05) is 30.3 Å². The smallest absolute Gasteiger partial charge is 0.189 e. The van der Waals surface area contributed by atoms with Gasteiger partial charge < -0.3 is 4.98 Å². The zero-order chi connectivity index (χ0) is 15.8. The lowest BCUT2D eigenvalue weighted by Gasteiger charge is -2.10. The molecule has 0 atom stereocenters. The zero-order valence-corrected chi connectivity index (χ0v) is 13.0. The highest BCUT2D eigenvalue weighted by molar-refractivity contribution is 6.29. The molecule has 0 aliphatic rings. The topological polar surface area (TPSA) is 45.8 Å². The maximum Gasteiger partial charge on any atom is 0.189 e. The lowest BCUT2D eigenvalue weighted by Crippen LogP contribution is -2.02. The Balaban J connectivity index is 1.98. The van der Waals surface area contributed by atoms with Crippen molar-refractivity contribution in [2.24, 2.45) is 0 Å². The fourth-order valence-electron chi connectivity index (χ4n) is 2.97. The number of hydrogen-bond acceptors (Lipinski definition) is 2. The third kappa shape index (κ3) is 2.49. The van der Waals surface area contributed by atoms with Crippen LogP contribution in [0.5, 0.6) is 0 Å². The van der Waals surface area contributed by atoms with E-state index in [0.717, 1.165) is 27.4 Å². The summed E-state index contributed by atoms with van der Waals surface area (Å²) in [5, 5.41) is 3.38. The number of aromatic nitrogens is 2. The molecule has 3 nitrogen and oxygen atoms in total. The number of nitrogens with zero attached hydrogens (tertiary/aromatic N) is 1. The highest BCUT2D eigenvalue weighted by atomic mass is 35.5. The summed E-state index contributed by atoms with van der Waals surface area (Å²) in [6.07, 6.45) is 4.17. The molecule has 2 heterocycles. The Kier molecular flexibility index (Phi) is 3.36. The Morgan fingerprint density at radius 1 is 1.00 bits per heavy atom. The molecule has 0 amide bonds. The van der Waals surface area contributed by atoms with E-state index < -0.39 is 0 Å². The van der Waals surface area contributed by atoms with Crippen molar-refractivity contribution in [3.63, 3.8) is 0 Å². The Morgan fingerprint density at radius 2 is 1.83 bits per heavy atom. The second kappa shape index (κ2) is 5.52. The van der Waals surface area contributed by atoms with Crippen LogP contribution < -0.4 is 5.43 Å². The van der Waals surface area contributed by atoms with Gasteiger partial charge in [-0.3, -0.25) is 4.79 Å². The van der Waals surface area contributed by atoms with E-state index in [1.54, 1.807) is 24.5 Å². The molecule has 0 saturated heterocycles. The Labute approximate surface area is 137 Å². The Hall–Kier alpha value is -2.65. The van der Waals surface area contributed by atoms with E-state index in [2.05, 4.69) is 16.0 Å². The molecular weight excluding hydrogens is 308 g/mol. The molecule has 0 spiro atoms. The first kappa shape index (κ1) is 14.0. The number of fused-ring (bicyclic) bond motifs is 3. The lowest BCUT2D eigenvalue weighted by atomic mass is 9.96. The molecule has 0 fully saturated rings. The lowest BCUT2D eigenvalue weighted by molar-refractivity contribution is 1.16. The summed E-state index contributed by atoms with van der Waals surface area (Å²) in [5.74, 6) is 0. The number of nitrogens with one attached hydrogen (secondary N) is 1. The number of rotatable bonds is 2. The Bertz CT molecular complexity index is 1070. The molecule has 112 valence electrons. The molecule has 0 saturated carbocycles. The van der Waals surface area contributed by atoms with Gasteiger partial charge in [-0.1, -0.05) is 41.9 Å². The summed E-state index contributed by atoms with van der Waals surface area (Å²) < 4.78 is 0. The van der Waals surface area contributed by atoms with E-state index in [1.165, 1.54) is 0 Å². The molecule has 0 aliphatic carbocycles. The van der Waals surface area contributed by atoms with E-state index in [0.29, 0.717) is 17.0 Å². The van der Waals surface area contributed by atoms with Crippen molar-refractivity contribution in [1.82, 2.24) is 9.97 Å². The minimum atomic E-state index is 0.0278. The molecule has 0 unspecified atom stereocenters. The van der Waals surface area contributed by atoms with Gasteiger partial charge >= 0.3 is 0 Å². The van der Waals surface area contributed by atoms with Gasteiger partial charge in [-0.25, -0.2) is 4.98 Å². The summed E-state index contributed by atoms with van der Waals surface area (Å²) in [5.41, 5.74) is 3.08. The van der Waals surface area contributed by atoms with Crippen LogP contribution in [-0.4, -0.2) is 9.97 Å². The summed E-state index contributed by atoms with van der Waals surface area (Å²) >= 11 is 5.85. The largest absolute Gasteiger partial charge is 0.360 e. The zero-order valence-electron chi connectivity index (χ0n) is 12.2. The van der Waals surface area contributed by atoms with Gasteiger partial charge in [-0.15, -0.1) is 0 Å². The first-order valence-corrected chi connectivity index (χ1v) is 7.72. The SMILES string of the molecule is O=c1cc[nH]c2c1cc(Cc1ccc(Cl)nc1)c1ccccc12. The van der Waals surface area contributed by atoms with Crippen LogP contribution in [0.2, 0.25) is 5.15 Å². The van der Waals surface area contributed by atoms with Crippen molar-refractivity contribution in [3.8, 4) is 0 Å². The number of benzene rings is 2. The van der Waals surface area contributed by atoms with Crippen LogP contribution in [0.3, 0.4) is 0 Å². The van der Waals surface area contributed by atoms with Gasteiger partial charge in [0.2, 0.25) is 0 Å². The van der Waals surface area contributed by atoms with Gasteiger partial charge in [0.15, 0.2) is 5.43 Å². The molecule has 4 heteroatoms. The molecule has 4 rings (SSSR count). The Morgan fingerprint density at radius 3 is 2.61 bits per heavy atom. The van der Waals surface area contributed by atoms with Crippen molar-refractivity contribution >= 4 is 33.3 Å². The summed E-state index contributed by atoms with van der Waals surface area (Å²) in [6.45, 7) is 0. The van der Waals surface area contributed by atoms with Crippen LogP contribution in [0.15, 0.2) is 65.7 Å². The second-order valence-corrected chi connectivity index (χ2v) is 5.90. The van der Waals surface area contributed by atoms with Gasteiger partial charge in [-0.05, 0) is 35.1 Å². The molecule has 23 heavy (non-hydrogen) atoms. The van der Waals surface area contributed by atoms with Crippen LogP contribution in [0.1, 0.15) is 11.1 Å². The molecule has 2 aromatic heterocycles. The third-order valence-corrected chi connectivity index (χ3v) is 4.26. The third-order valence-electron chi connectivity index (χ3n) is 4.04. The van der Waals surface area contributed by atoms with Crippen LogP contribution in [0, 0.1) is 0 Å². The van der Waals surface area contributed by atoms with Gasteiger partial charge in [0.05, 0.1) is 5.52 Å². The van der Waals surface area contributed by atoms with Gasteiger partial charge in [0.1, 0.15) is 5.15 Å². The monoisotopic (exact) mass is 320 g/mol. The predicted molar refractivity (Wildman–Crippen MR) is 94.1 cm³/mol. The fourth-order valence-corrected chi connectivity index (χ4v) is 3.08. The number of hydrogen-bond donors (Lipinski definition) is 1. The fraction of sp³-hybridized carbons (Fsp3) is 0.0526. The van der Waals surface area contributed by atoms with E-state index >= 15 is 0 Å². The van der Waals surface area contributed by atoms with E-state index in [-0.39, 0.29) is 5.43 Å². The van der Waals surface area contributed by atoms with Crippen molar-refractivity contribution in [3.05, 3.63) is 87.4 Å². The van der Waals surface area contributed by atoms with Crippen molar-refractivity contribution in [2.45, 2.75) is 6.42 Å². The summed E-state index contributed by atoms with van der Waals surface area (Å²) in [6, 6.07) is 15.4. The first-order chi connectivity index (χ1) is 11.2. The van der Waals surface area contributed by atoms with Crippen LogP contribution in [0.25, 0.3) is 21.7 Å². The first-order valence-electron chi connectivity index (χ1n) is 7.35. The molecule has 0 aliphatic heterocycles. The van der Waals surface area contributed by atoms with Crippen LogP contribution in [-0.2, 0) is 6.42 Å². The molecule has 2 aromatic carbocycles. The molecule has 0 bridgehead atoms. The molecule has 0 radical (unpaired) electrons. The van der Waals surface area contributed by atoms with Crippen LogP contribution in [0.4, 0.5) is 0 Å². The number of pyridine rings is 2. The quantitative estimate of drug-likeness (QED) is 0.441. The summed E-state index contributed by atoms with van der Waals surface area (Å²) in [7, 11) is 0. The van der Waals surface area contributed by atoms with Crippen molar-refractivity contribution in [2.75, 3.05) is 0 Å². The van der Waals surface area contributed by atoms with Gasteiger partial charge in [0, 0.05) is 29.2 Å². The molecule has 1 N–H and O–H groups in total. The highest BCUT2D eigenvalue weighted by Crippen LogP contribution is 2.27. The van der Waals surface area contributed by atoms with Gasteiger partial charge in [0.25, 0.3) is 0 Å². The normalized spacial score (nSPS) is 11.2. The average Bonchev–Trinajstić information content (AvgIpc) is 2.58. The van der Waals surface area contributed by atoms with Crippen molar-refractivity contribution in [1.29, 1.82) is 0 Å². The maximum atomic E-state index is 12.2. The predicted octanol–water partition coefficient (Wildman–Crippen LogP) is 4.32. The van der Waals surface area contributed by atoms with E-state index in [9.17, 15) is 4.79 Å². The average molecular weight is 321 g/mol. The van der Waals surface area contributed by atoms with Crippen molar-refractivity contribution < 1.29 is 0 Å². The second-order valence-electron chi connectivity index (χ2n) is 5.51. The molecule has 4 aromatic rings. The number of H-pyrrole nitrogens is 1. The van der Waals surface area contributed by atoms with Crippen LogP contribution >= 0.6 is 11.6 Å². The minimum Gasteiger partial charge on any atom is -0.360 e. The molecular formula is C19H13ClN2O. The standard InChI is InChI=1S/C19H13ClN2O/c20-18-6-5-12(11-22-18)9-13-10-16-17(23)7-8-21-19(16)15-4-2-1-3-14(13)15/h1-8,10-11H,9H2,(H,21,23). The number of halogens is 1. The highest BCUT2D eigenvalue weighted by Gasteiger charge is 2.09. The summed E-state index contributed by atoms with van der Waals surface area (Å²) in [4.78, 5) is 19.6. The van der Waals surface area contributed by atoms with Gasteiger partial charge in [-0.2, -0.15) is 0 Å². The maximum absolute atomic E-state index is 12.2.